The maximum Gasteiger partial charge on any atom is 0.227 e. The Labute approximate surface area is 222 Å². The third-order valence-corrected chi connectivity index (χ3v) is 7.32. The summed E-state index contributed by atoms with van der Waals surface area (Å²) in [5.74, 6) is 1.16. The molecule has 2 heterocycles. The van der Waals surface area contributed by atoms with Crippen molar-refractivity contribution in [3.05, 3.63) is 116 Å². The molecule has 9 heteroatoms. The summed E-state index contributed by atoms with van der Waals surface area (Å²) in [7, 11) is 0. The third-order valence-electron chi connectivity index (χ3n) is 5.65. The SMILES string of the molecule is CC1=C(C(=O)c2ccc(Cl)cc2)[C@H](c2ccc(Cl)cc2)n2nc(SCc3ccc(Cl)cc3)nc2N1. The van der Waals surface area contributed by atoms with E-state index >= 15 is 0 Å². The molecule has 35 heavy (non-hydrogen) atoms. The Morgan fingerprint density at radius 1 is 0.914 bits per heavy atom. The first-order valence-electron chi connectivity index (χ1n) is 10.8. The van der Waals surface area contributed by atoms with Crippen LogP contribution in [0.5, 0.6) is 0 Å². The second-order valence-corrected chi connectivity index (χ2v) is 10.3. The summed E-state index contributed by atoms with van der Waals surface area (Å²) in [5.41, 5.74) is 3.85. The van der Waals surface area contributed by atoms with Gasteiger partial charge in [-0.2, -0.15) is 4.98 Å². The number of hydrogen-bond donors (Lipinski definition) is 1. The molecule has 0 spiro atoms. The van der Waals surface area contributed by atoms with Crippen LogP contribution in [0.1, 0.15) is 34.5 Å². The molecular weight excluding hydrogens is 523 g/mol. The van der Waals surface area contributed by atoms with E-state index in [1.807, 2.05) is 55.5 Å². The number of fused-ring (bicyclic) bond motifs is 1. The second-order valence-electron chi connectivity index (χ2n) is 8.03. The molecule has 176 valence electrons. The van der Waals surface area contributed by atoms with Crippen molar-refractivity contribution in [2.45, 2.75) is 23.9 Å². The third kappa shape index (κ3) is 5.11. The molecule has 1 aromatic heterocycles. The number of aromatic nitrogens is 3. The topological polar surface area (TPSA) is 59.8 Å². The fraction of sp³-hybridized carbons (Fsp3) is 0.115. The second kappa shape index (κ2) is 10.1. The van der Waals surface area contributed by atoms with E-state index in [1.54, 1.807) is 28.9 Å². The molecule has 1 N–H and O–H groups in total. The van der Waals surface area contributed by atoms with Gasteiger partial charge in [0.05, 0.1) is 0 Å². The van der Waals surface area contributed by atoms with Crippen LogP contribution in [0.15, 0.2) is 89.2 Å². The number of rotatable bonds is 6. The number of ketones is 1. The first-order chi connectivity index (χ1) is 16.9. The summed E-state index contributed by atoms with van der Waals surface area (Å²) in [6.07, 6.45) is 0. The van der Waals surface area contributed by atoms with Crippen molar-refractivity contribution in [2.75, 3.05) is 5.32 Å². The number of carbonyl (C=O) groups excluding carboxylic acids is 1. The van der Waals surface area contributed by atoms with Crippen LogP contribution >= 0.6 is 46.6 Å². The maximum atomic E-state index is 13.7. The number of nitrogens with zero attached hydrogens (tertiary/aromatic N) is 3. The first-order valence-corrected chi connectivity index (χ1v) is 12.9. The lowest BCUT2D eigenvalue weighted by atomic mass is 9.90. The van der Waals surface area contributed by atoms with Crippen LogP contribution in [0.3, 0.4) is 0 Å². The van der Waals surface area contributed by atoms with E-state index in [-0.39, 0.29) is 5.78 Å². The van der Waals surface area contributed by atoms with Gasteiger partial charge in [-0.05, 0) is 66.6 Å². The zero-order chi connectivity index (χ0) is 24.5. The first kappa shape index (κ1) is 23.9. The molecule has 0 aliphatic carbocycles. The van der Waals surface area contributed by atoms with Gasteiger partial charge in [-0.25, -0.2) is 4.68 Å². The lowest BCUT2D eigenvalue weighted by Gasteiger charge is -2.28. The minimum Gasteiger partial charge on any atom is -0.328 e. The lowest BCUT2D eigenvalue weighted by molar-refractivity contribution is 0.102. The Morgan fingerprint density at radius 3 is 2.11 bits per heavy atom. The van der Waals surface area contributed by atoms with Crippen molar-refractivity contribution in [1.82, 2.24) is 14.8 Å². The summed E-state index contributed by atoms with van der Waals surface area (Å²) in [6.45, 7) is 1.88. The zero-order valence-corrected chi connectivity index (χ0v) is 21.6. The quantitative estimate of drug-likeness (QED) is 0.200. The molecule has 0 saturated carbocycles. The predicted molar refractivity (Wildman–Crippen MR) is 143 cm³/mol. The smallest absolute Gasteiger partial charge is 0.227 e. The van der Waals surface area contributed by atoms with E-state index in [0.717, 1.165) is 16.8 Å². The average Bonchev–Trinajstić information content (AvgIpc) is 3.26. The van der Waals surface area contributed by atoms with Crippen molar-refractivity contribution in [3.63, 3.8) is 0 Å². The molecule has 1 aliphatic rings. The fourth-order valence-electron chi connectivity index (χ4n) is 3.93. The van der Waals surface area contributed by atoms with E-state index < -0.39 is 6.04 Å². The molecule has 5 nitrogen and oxygen atoms in total. The average molecular weight is 542 g/mol. The molecule has 0 fully saturated rings. The summed E-state index contributed by atoms with van der Waals surface area (Å²) >= 11 is 19.7. The van der Waals surface area contributed by atoms with Crippen LogP contribution in [0.25, 0.3) is 0 Å². The molecule has 0 bridgehead atoms. The number of halogens is 3. The highest BCUT2D eigenvalue weighted by Crippen LogP contribution is 2.38. The summed E-state index contributed by atoms with van der Waals surface area (Å²) < 4.78 is 1.77. The van der Waals surface area contributed by atoms with Gasteiger partial charge in [0, 0.05) is 37.7 Å². The van der Waals surface area contributed by atoms with Crippen LogP contribution < -0.4 is 5.32 Å². The summed E-state index contributed by atoms with van der Waals surface area (Å²) in [6, 6.07) is 21.5. The van der Waals surface area contributed by atoms with Gasteiger partial charge in [0.15, 0.2) is 5.78 Å². The lowest BCUT2D eigenvalue weighted by Crippen LogP contribution is -2.28. The van der Waals surface area contributed by atoms with E-state index in [4.69, 9.17) is 44.9 Å². The van der Waals surface area contributed by atoms with Crippen LogP contribution in [-0.2, 0) is 5.75 Å². The molecule has 1 aliphatic heterocycles. The fourth-order valence-corrected chi connectivity index (χ4v) is 5.09. The summed E-state index contributed by atoms with van der Waals surface area (Å²) in [5, 5.41) is 10.5. The monoisotopic (exact) mass is 540 g/mol. The largest absolute Gasteiger partial charge is 0.328 e. The number of thioether (sulfide) groups is 1. The van der Waals surface area contributed by atoms with E-state index in [1.165, 1.54) is 11.8 Å². The number of anilines is 1. The summed E-state index contributed by atoms with van der Waals surface area (Å²) in [4.78, 5) is 18.4. The Hall–Kier alpha value is -2.77. The highest BCUT2D eigenvalue weighted by molar-refractivity contribution is 7.98. The minimum atomic E-state index is -0.468. The molecule has 0 amide bonds. The maximum absolute atomic E-state index is 13.7. The Morgan fingerprint density at radius 2 is 1.49 bits per heavy atom. The molecule has 4 aromatic rings. The molecule has 0 saturated heterocycles. The normalized spacial score (nSPS) is 15.0. The Kier molecular flexibility index (Phi) is 6.89. The van der Waals surface area contributed by atoms with Crippen molar-refractivity contribution in [1.29, 1.82) is 0 Å². The zero-order valence-electron chi connectivity index (χ0n) is 18.5. The van der Waals surface area contributed by atoms with Crippen molar-refractivity contribution in [2.24, 2.45) is 0 Å². The van der Waals surface area contributed by atoms with Gasteiger partial charge in [0.25, 0.3) is 0 Å². The van der Waals surface area contributed by atoms with Crippen molar-refractivity contribution >= 4 is 58.3 Å². The van der Waals surface area contributed by atoms with Crippen molar-refractivity contribution < 1.29 is 4.79 Å². The molecular formula is C26H19Cl3N4OS. The van der Waals surface area contributed by atoms with E-state index in [0.29, 0.717) is 43.1 Å². The highest BCUT2D eigenvalue weighted by Gasteiger charge is 2.34. The van der Waals surface area contributed by atoms with Crippen LogP contribution in [0, 0.1) is 0 Å². The number of Topliss-reactive ketones (excluding diaryl/α,β-unsaturated/α-hetero) is 1. The van der Waals surface area contributed by atoms with Gasteiger partial charge < -0.3 is 5.32 Å². The predicted octanol–water partition coefficient (Wildman–Crippen LogP) is 7.70. The van der Waals surface area contributed by atoms with Gasteiger partial charge in [-0.15, -0.1) is 5.10 Å². The van der Waals surface area contributed by atoms with Crippen LogP contribution in [-0.4, -0.2) is 20.5 Å². The van der Waals surface area contributed by atoms with E-state index in [2.05, 4.69) is 5.32 Å². The molecule has 1 atom stereocenters. The molecule has 0 unspecified atom stereocenters. The molecule has 5 rings (SSSR count). The van der Waals surface area contributed by atoms with Gasteiger partial charge in [0.1, 0.15) is 6.04 Å². The van der Waals surface area contributed by atoms with Gasteiger partial charge in [0.2, 0.25) is 11.1 Å². The van der Waals surface area contributed by atoms with Crippen LogP contribution in [0.4, 0.5) is 5.95 Å². The number of nitrogens with one attached hydrogen (secondary N) is 1. The van der Waals surface area contributed by atoms with Gasteiger partial charge in [-0.3, -0.25) is 4.79 Å². The van der Waals surface area contributed by atoms with Gasteiger partial charge in [-0.1, -0.05) is 70.8 Å². The molecule has 0 radical (unpaired) electrons. The Bertz CT molecular complexity index is 1410. The number of carbonyl (C=O) groups is 1. The van der Waals surface area contributed by atoms with Crippen LogP contribution in [0.2, 0.25) is 15.1 Å². The van der Waals surface area contributed by atoms with Gasteiger partial charge >= 0.3 is 0 Å². The van der Waals surface area contributed by atoms with Crippen molar-refractivity contribution in [3.8, 4) is 0 Å². The number of benzene rings is 3. The minimum absolute atomic E-state index is 0.108. The standard InChI is InChI=1S/C26H19Cl3N4OS/c1-15-22(24(34)18-6-12-21(29)13-7-18)23(17-4-10-20(28)11-5-17)33-25(30-15)31-26(32-33)35-14-16-2-8-19(27)9-3-16/h2-13,23H,14H2,1H3,(H,30,31,32)/t23-/m0/s1. The number of allylic oxidation sites excluding steroid dienone is 2. The highest BCUT2D eigenvalue weighted by atomic mass is 35.5. The molecule has 3 aromatic carbocycles. The number of hydrogen-bond acceptors (Lipinski definition) is 5. The Balaban J connectivity index is 1.52. The van der Waals surface area contributed by atoms with E-state index in [9.17, 15) is 4.79 Å².